The highest BCUT2D eigenvalue weighted by molar-refractivity contribution is 5.97. The molecule has 0 aliphatic carbocycles. The maximum absolute atomic E-state index is 13.8. The second kappa shape index (κ2) is 15.0. The van der Waals surface area contributed by atoms with Crippen LogP contribution in [-0.4, -0.2) is 72.0 Å². The van der Waals surface area contributed by atoms with Crippen LogP contribution < -0.4 is 16.0 Å². The Kier molecular flexibility index (Phi) is 11.5. The van der Waals surface area contributed by atoms with E-state index in [9.17, 15) is 24.0 Å². The first-order chi connectivity index (χ1) is 20.1. The predicted molar refractivity (Wildman–Crippen MR) is 155 cm³/mol. The highest BCUT2D eigenvalue weighted by Gasteiger charge is 2.44. The minimum absolute atomic E-state index is 0.0323. The molecule has 1 aliphatic rings. The quantitative estimate of drug-likeness (QED) is 0.327. The Morgan fingerprint density at radius 1 is 0.976 bits per heavy atom. The molecule has 0 saturated carbocycles. The van der Waals surface area contributed by atoms with Gasteiger partial charge in [-0.25, -0.2) is 9.59 Å². The normalized spacial score (nSPS) is 17.2. The SMILES string of the molecule is CC[C@](C)(NC(=O)[C@H](Cc1ccccc1)NC(=O)OCc1ccccc1)C(=O)N1CCC[C@H]1C(=O)N[C@@H](C)C(=O)OC. The number of carbonyl (C=O) groups excluding carboxylic acids is 5. The molecular weight excluding hydrogens is 540 g/mol. The van der Waals surface area contributed by atoms with Crippen LogP contribution in [0.4, 0.5) is 4.79 Å². The number of hydrogen-bond donors (Lipinski definition) is 3. The third kappa shape index (κ3) is 8.55. The lowest BCUT2D eigenvalue weighted by atomic mass is 9.94. The zero-order chi connectivity index (χ0) is 30.7. The Bertz CT molecular complexity index is 1240. The fraction of sp³-hybridized carbons (Fsp3) is 0.452. The lowest BCUT2D eigenvalue weighted by Crippen LogP contribution is -2.63. The zero-order valence-corrected chi connectivity index (χ0v) is 24.6. The first-order valence-corrected chi connectivity index (χ1v) is 14.1. The van der Waals surface area contributed by atoms with E-state index in [-0.39, 0.29) is 19.4 Å². The molecule has 0 bridgehead atoms. The maximum atomic E-state index is 13.8. The molecule has 226 valence electrons. The molecule has 0 spiro atoms. The number of hydrogen-bond acceptors (Lipinski definition) is 7. The Labute approximate surface area is 246 Å². The Morgan fingerprint density at radius 3 is 2.19 bits per heavy atom. The van der Waals surface area contributed by atoms with E-state index < -0.39 is 53.4 Å². The summed E-state index contributed by atoms with van der Waals surface area (Å²) in [5.41, 5.74) is 0.242. The molecule has 42 heavy (non-hydrogen) atoms. The van der Waals surface area contributed by atoms with Crippen molar-refractivity contribution in [2.45, 2.75) is 76.7 Å². The summed E-state index contributed by atoms with van der Waals surface area (Å²) < 4.78 is 10.0. The van der Waals surface area contributed by atoms with Crippen LogP contribution in [0.3, 0.4) is 0 Å². The summed E-state index contributed by atoms with van der Waals surface area (Å²) in [6.45, 7) is 5.23. The second-order valence-corrected chi connectivity index (χ2v) is 10.5. The summed E-state index contributed by atoms with van der Waals surface area (Å²) in [5, 5.41) is 8.09. The van der Waals surface area contributed by atoms with Crippen LogP contribution in [0.5, 0.6) is 0 Å². The summed E-state index contributed by atoms with van der Waals surface area (Å²) in [6, 6.07) is 15.7. The van der Waals surface area contributed by atoms with Gasteiger partial charge >= 0.3 is 12.1 Å². The molecule has 3 N–H and O–H groups in total. The van der Waals surface area contributed by atoms with Crippen molar-refractivity contribution in [2.24, 2.45) is 0 Å². The number of likely N-dealkylation sites (tertiary alicyclic amines) is 1. The van der Waals surface area contributed by atoms with Gasteiger partial charge < -0.3 is 30.3 Å². The molecule has 1 saturated heterocycles. The highest BCUT2D eigenvalue weighted by Crippen LogP contribution is 2.24. The number of benzene rings is 2. The number of nitrogens with one attached hydrogen (secondary N) is 3. The molecule has 11 heteroatoms. The average molecular weight is 581 g/mol. The van der Waals surface area contributed by atoms with Gasteiger partial charge in [-0.3, -0.25) is 14.4 Å². The minimum Gasteiger partial charge on any atom is -0.467 e. The molecule has 2 aromatic carbocycles. The van der Waals surface area contributed by atoms with Gasteiger partial charge in [0.2, 0.25) is 17.7 Å². The number of alkyl carbamates (subject to hydrolysis) is 1. The summed E-state index contributed by atoms with van der Waals surface area (Å²) in [4.78, 5) is 66.4. The van der Waals surface area contributed by atoms with E-state index in [1.165, 1.54) is 18.9 Å². The van der Waals surface area contributed by atoms with Crippen molar-refractivity contribution in [3.05, 3.63) is 71.8 Å². The molecular formula is C31H40N4O7. The summed E-state index contributed by atoms with van der Waals surface area (Å²) in [5.74, 6) is -2.04. The predicted octanol–water partition coefficient (Wildman–Crippen LogP) is 2.48. The number of rotatable bonds is 12. The van der Waals surface area contributed by atoms with Crippen molar-refractivity contribution >= 4 is 29.8 Å². The fourth-order valence-corrected chi connectivity index (χ4v) is 4.76. The Balaban J connectivity index is 1.73. The lowest BCUT2D eigenvalue weighted by Gasteiger charge is -2.36. The van der Waals surface area contributed by atoms with Crippen LogP contribution in [0.2, 0.25) is 0 Å². The molecule has 1 aliphatic heterocycles. The molecule has 4 atom stereocenters. The van der Waals surface area contributed by atoms with E-state index in [0.29, 0.717) is 19.4 Å². The molecule has 1 heterocycles. The average Bonchev–Trinajstić information content (AvgIpc) is 3.50. The van der Waals surface area contributed by atoms with Gasteiger partial charge in [-0.2, -0.15) is 0 Å². The number of esters is 1. The van der Waals surface area contributed by atoms with Crippen LogP contribution in [-0.2, 0) is 41.7 Å². The van der Waals surface area contributed by atoms with Gasteiger partial charge in [0.15, 0.2) is 0 Å². The standard InChI is InChI=1S/C31H40N4O7/c1-5-31(3,29(39)35-18-12-17-25(35)27(37)32-21(2)28(38)41-4)34-26(36)24(19-22-13-8-6-9-14-22)33-30(40)42-20-23-15-10-7-11-16-23/h6-11,13-16,21,24-25H,5,12,17-20H2,1-4H3,(H,32,37)(H,33,40)(H,34,36)/t21-,24-,25-,31-/m0/s1. The van der Waals surface area contributed by atoms with Gasteiger partial charge in [-0.1, -0.05) is 67.6 Å². The van der Waals surface area contributed by atoms with E-state index in [1.54, 1.807) is 13.8 Å². The molecule has 0 unspecified atom stereocenters. The van der Waals surface area contributed by atoms with E-state index >= 15 is 0 Å². The second-order valence-electron chi connectivity index (χ2n) is 10.5. The van der Waals surface area contributed by atoms with Crippen molar-refractivity contribution in [1.82, 2.24) is 20.9 Å². The van der Waals surface area contributed by atoms with E-state index in [1.807, 2.05) is 60.7 Å². The van der Waals surface area contributed by atoms with Crippen molar-refractivity contribution in [2.75, 3.05) is 13.7 Å². The van der Waals surface area contributed by atoms with Gasteiger partial charge in [0, 0.05) is 13.0 Å². The molecule has 2 aromatic rings. The van der Waals surface area contributed by atoms with Crippen LogP contribution >= 0.6 is 0 Å². The minimum atomic E-state index is -1.36. The van der Waals surface area contributed by atoms with Gasteiger partial charge in [0.05, 0.1) is 7.11 Å². The van der Waals surface area contributed by atoms with E-state index in [4.69, 9.17) is 4.74 Å². The third-order valence-corrected chi connectivity index (χ3v) is 7.41. The number of amides is 4. The smallest absolute Gasteiger partial charge is 0.408 e. The number of carbonyl (C=O) groups is 5. The van der Waals surface area contributed by atoms with Crippen molar-refractivity contribution in [1.29, 1.82) is 0 Å². The van der Waals surface area contributed by atoms with Crippen LogP contribution in [0.25, 0.3) is 0 Å². The summed E-state index contributed by atoms with van der Waals surface area (Å²) in [6.07, 6.45) is 0.648. The van der Waals surface area contributed by atoms with Crippen molar-refractivity contribution in [3.63, 3.8) is 0 Å². The Hall–Kier alpha value is -4.41. The third-order valence-electron chi connectivity index (χ3n) is 7.41. The van der Waals surface area contributed by atoms with Gasteiger partial charge in [-0.05, 0) is 44.2 Å². The lowest BCUT2D eigenvalue weighted by molar-refractivity contribution is -0.148. The molecule has 0 aromatic heterocycles. The topological polar surface area (TPSA) is 143 Å². The van der Waals surface area contributed by atoms with Crippen LogP contribution in [0.1, 0.15) is 51.2 Å². The maximum Gasteiger partial charge on any atom is 0.408 e. The molecule has 0 radical (unpaired) electrons. The van der Waals surface area contributed by atoms with Crippen molar-refractivity contribution in [3.8, 4) is 0 Å². The first-order valence-electron chi connectivity index (χ1n) is 14.1. The van der Waals surface area contributed by atoms with Gasteiger partial charge in [0.25, 0.3) is 0 Å². The van der Waals surface area contributed by atoms with E-state index in [2.05, 4.69) is 20.7 Å². The van der Waals surface area contributed by atoms with Crippen LogP contribution in [0, 0.1) is 0 Å². The van der Waals surface area contributed by atoms with Crippen LogP contribution in [0.15, 0.2) is 60.7 Å². The van der Waals surface area contributed by atoms with E-state index in [0.717, 1.165) is 11.1 Å². The Morgan fingerprint density at radius 2 is 1.60 bits per heavy atom. The molecule has 11 nitrogen and oxygen atoms in total. The molecule has 1 fully saturated rings. The van der Waals surface area contributed by atoms with Gasteiger partial charge in [0.1, 0.15) is 30.3 Å². The highest BCUT2D eigenvalue weighted by atomic mass is 16.5. The number of methoxy groups -OCH3 is 1. The molecule has 4 amide bonds. The first kappa shape index (κ1) is 32.1. The molecule has 3 rings (SSSR count). The monoisotopic (exact) mass is 580 g/mol. The number of ether oxygens (including phenoxy) is 2. The zero-order valence-electron chi connectivity index (χ0n) is 24.6. The number of nitrogens with zero attached hydrogens (tertiary/aromatic N) is 1. The fourth-order valence-electron chi connectivity index (χ4n) is 4.76. The van der Waals surface area contributed by atoms with Gasteiger partial charge in [-0.15, -0.1) is 0 Å². The summed E-state index contributed by atoms with van der Waals surface area (Å²) >= 11 is 0. The summed E-state index contributed by atoms with van der Waals surface area (Å²) in [7, 11) is 1.23. The largest absolute Gasteiger partial charge is 0.467 e. The van der Waals surface area contributed by atoms with Crippen molar-refractivity contribution < 1.29 is 33.4 Å².